The highest BCUT2D eigenvalue weighted by atomic mass is 14.3. The molecule has 27 heavy (non-hydrogen) atoms. The summed E-state index contributed by atoms with van der Waals surface area (Å²) in [4.78, 5) is 0. The fraction of sp³-hybridized carbons (Fsp3) is 0.333. The van der Waals surface area contributed by atoms with E-state index in [4.69, 9.17) is 0 Å². The molecule has 1 unspecified atom stereocenters. The molecule has 0 heteroatoms. The van der Waals surface area contributed by atoms with Crippen molar-refractivity contribution in [2.24, 2.45) is 5.41 Å². The number of hydrogen-bond donors (Lipinski definition) is 0. The van der Waals surface area contributed by atoms with E-state index >= 15 is 0 Å². The normalized spacial score (nSPS) is 12.9. The highest BCUT2D eigenvalue weighted by Crippen LogP contribution is 2.44. The fourth-order valence-electron chi connectivity index (χ4n) is 3.88. The maximum Gasteiger partial charge on any atom is -0.00239 e. The van der Waals surface area contributed by atoms with Crippen LogP contribution in [0.25, 0.3) is 32.3 Å². The van der Waals surface area contributed by atoms with Crippen LogP contribution < -0.4 is 0 Å². The van der Waals surface area contributed by atoms with Gasteiger partial charge in [0.2, 0.25) is 0 Å². The van der Waals surface area contributed by atoms with Crippen LogP contribution in [0.4, 0.5) is 0 Å². The van der Waals surface area contributed by atoms with E-state index in [9.17, 15) is 0 Å². The van der Waals surface area contributed by atoms with Crippen molar-refractivity contribution >= 4 is 32.3 Å². The van der Waals surface area contributed by atoms with Gasteiger partial charge in [-0.25, -0.2) is 0 Å². The molecule has 0 bridgehead atoms. The van der Waals surface area contributed by atoms with Crippen LogP contribution in [0.5, 0.6) is 0 Å². The van der Waals surface area contributed by atoms with Gasteiger partial charge in [0.1, 0.15) is 0 Å². The SMILES string of the molecule is C=CCC.CCC(C)(C)C(C)c1cc2cccc3ccc4cccc1c4c32. The molecule has 0 spiro atoms. The lowest BCUT2D eigenvalue weighted by Crippen LogP contribution is -2.19. The van der Waals surface area contributed by atoms with E-state index in [2.05, 4.69) is 95.8 Å². The topological polar surface area (TPSA) is 0 Å². The molecule has 4 aromatic rings. The predicted octanol–water partition coefficient (Wildman–Crippen LogP) is 8.71. The lowest BCUT2D eigenvalue weighted by atomic mass is 9.72. The van der Waals surface area contributed by atoms with E-state index in [0.717, 1.165) is 6.42 Å². The number of allylic oxidation sites excluding steroid dienone is 1. The smallest absolute Gasteiger partial charge is 0.00239 e. The Morgan fingerprint density at radius 2 is 1.44 bits per heavy atom. The third kappa shape index (κ3) is 3.46. The van der Waals surface area contributed by atoms with Crippen LogP contribution in [-0.4, -0.2) is 0 Å². The minimum absolute atomic E-state index is 0.300. The van der Waals surface area contributed by atoms with Gasteiger partial charge >= 0.3 is 0 Å². The summed E-state index contributed by atoms with van der Waals surface area (Å²) in [5.41, 5.74) is 1.79. The van der Waals surface area contributed by atoms with Gasteiger partial charge < -0.3 is 0 Å². The lowest BCUT2D eigenvalue weighted by molar-refractivity contribution is 0.290. The molecule has 0 radical (unpaired) electrons. The Morgan fingerprint density at radius 3 is 2.04 bits per heavy atom. The summed E-state index contributed by atoms with van der Waals surface area (Å²) >= 11 is 0. The molecule has 0 N–H and O–H groups in total. The minimum atomic E-state index is 0.300. The van der Waals surface area contributed by atoms with Crippen LogP contribution in [0, 0.1) is 5.41 Å². The first-order chi connectivity index (χ1) is 12.9. The molecule has 1 atom stereocenters. The van der Waals surface area contributed by atoms with Crippen molar-refractivity contribution in [2.75, 3.05) is 0 Å². The van der Waals surface area contributed by atoms with Crippen LogP contribution in [0.2, 0.25) is 0 Å². The predicted molar refractivity (Wildman–Crippen MR) is 123 cm³/mol. The Kier molecular flexibility index (Phi) is 5.56. The molecule has 0 aliphatic rings. The van der Waals surface area contributed by atoms with Crippen molar-refractivity contribution in [3.8, 4) is 0 Å². The average molecular weight is 357 g/mol. The summed E-state index contributed by atoms with van der Waals surface area (Å²) in [6.07, 6.45) is 4.15. The van der Waals surface area contributed by atoms with E-state index in [1.807, 2.05) is 6.08 Å². The maximum absolute atomic E-state index is 3.48. The first kappa shape index (κ1) is 19.4. The van der Waals surface area contributed by atoms with E-state index in [-0.39, 0.29) is 0 Å². The molecule has 4 rings (SSSR count). The first-order valence-corrected chi connectivity index (χ1v) is 10.2. The summed E-state index contributed by atoms with van der Waals surface area (Å²) in [6.45, 7) is 15.0. The van der Waals surface area contributed by atoms with Crippen LogP contribution in [0.3, 0.4) is 0 Å². The molecule has 0 fully saturated rings. The Labute approximate surface area is 164 Å². The largest absolute Gasteiger partial charge is 0.103 e. The van der Waals surface area contributed by atoms with Gasteiger partial charge in [0.15, 0.2) is 0 Å². The summed E-state index contributed by atoms with van der Waals surface area (Å²) < 4.78 is 0. The molecule has 0 aliphatic heterocycles. The molecule has 0 heterocycles. The van der Waals surface area contributed by atoms with Crippen LogP contribution in [0.1, 0.15) is 58.9 Å². The zero-order valence-corrected chi connectivity index (χ0v) is 17.5. The summed E-state index contributed by atoms with van der Waals surface area (Å²) in [6, 6.07) is 20.4. The Bertz CT molecular complexity index is 1050. The second-order valence-corrected chi connectivity index (χ2v) is 8.28. The van der Waals surface area contributed by atoms with Gasteiger partial charge in [0.25, 0.3) is 0 Å². The molecule has 0 nitrogen and oxygen atoms in total. The van der Waals surface area contributed by atoms with Gasteiger partial charge in [-0.15, -0.1) is 6.58 Å². The molecule has 0 aliphatic carbocycles. The Balaban J connectivity index is 0.000000481. The van der Waals surface area contributed by atoms with Gasteiger partial charge in [-0.05, 0) is 55.6 Å². The summed E-state index contributed by atoms with van der Waals surface area (Å²) in [5, 5.41) is 8.37. The van der Waals surface area contributed by atoms with Crippen LogP contribution in [-0.2, 0) is 0 Å². The molecule has 0 saturated heterocycles. The van der Waals surface area contributed by atoms with Crippen LogP contribution in [0.15, 0.2) is 67.3 Å². The second-order valence-electron chi connectivity index (χ2n) is 8.28. The quantitative estimate of drug-likeness (QED) is 0.253. The third-order valence-electron chi connectivity index (χ3n) is 6.38. The van der Waals surface area contributed by atoms with Crippen molar-refractivity contribution in [2.45, 2.75) is 53.4 Å². The second kappa shape index (κ2) is 7.72. The molecule has 0 saturated carbocycles. The van der Waals surface area contributed by atoms with Crippen molar-refractivity contribution in [1.29, 1.82) is 0 Å². The highest BCUT2D eigenvalue weighted by molar-refractivity contribution is 6.23. The number of rotatable bonds is 4. The molecule has 140 valence electrons. The number of hydrogen-bond acceptors (Lipinski definition) is 0. The van der Waals surface area contributed by atoms with Crippen molar-refractivity contribution in [3.63, 3.8) is 0 Å². The lowest BCUT2D eigenvalue weighted by Gasteiger charge is -2.32. The average Bonchev–Trinajstić information content (AvgIpc) is 2.71. The fourth-order valence-corrected chi connectivity index (χ4v) is 3.88. The molecule has 0 amide bonds. The zero-order valence-electron chi connectivity index (χ0n) is 17.5. The Morgan fingerprint density at radius 1 is 0.889 bits per heavy atom. The maximum atomic E-state index is 3.48. The molecule has 0 aromatic heterocycles. The van der Waals surface area contributed by atoms with Crippen molar-refractivity contribution in [1.82, 2.24) is 0 Å². The monoisotopic (exact) mass is 356 g/mol. The summed E-state index contributed by atoms with van der Waals surface area (Å²) in [5.74, 6) is 0.529. The summed E-state index contributed by atoms with van der Waals surface area (Å²) in [7, 11) is 0. The first-order valence-electron chi connectivity index (χ1n) is 10.2. The van der Waals surface area contributed by atoms with E-state index in [0.29, 0.717) is 11.3 Å². The molecule has 4 aromatic carbocycles. The van der Waals surface area contributed by atoms with E-state index < -0.39 is 0 Å². The van der Waals surface area contributed by atoms with Crippen molar-refractivity contribution in [3.05, 3.63) is 72.8 Å². The van der Waals surface area contributed by atoms with Gasteiger partial charge in [-0.2, -0.15) is 0 Å². The van der Waals surface area contributed by atoms with E-state index in [1.165, 1.54) is 44.3 Å². The standard InChI is InChI=1S/C23H24.C4H8/c1-5-23(3,4)15(2)20-14-18-10-6-8-16-12-13-17-9-7-11-19(20)22(17)21(16)18;1-3-4-2/h6-15H,5H2,1-4H3;3H,1,4H2,2H3. The number of benzene rings is 4. The van der Waals surface area contributed by atoms with Crippen LogP contribution >= 0.6 is 0 Å². The molecular weight excluding hydrogens is 324 g/mol. The van der Waals surface area contributed by atoms with Gasteiger partial charge in [0, 0.05) is 0 Å². The molecular formula is C27H32. The van der Waals surface area contributed by atoms with Gasteiger partial charge in [-0.1, -0.05) is 102 Å². The van der Waals surface area contributed by atoms with Crippen molar-refractivity contribution < 1.29 is 0 Å². The minimum Gasteiger partial charge on any atom is -0.103 e. The third-order valence-corrected chi connectivity index (χ3v) is 6.38. The van der Waals surface area contributed by atoms with Gasteiger partial charge in [0.05, 0.1) is 0 Å². The van der Waals surface area contributed by atoms with Gasteiger partial charge in [-0.3, -0.25) is 0 Å². The Hall–Kier alpha value is -2.34. The zero-order chi connectivity index (χ0) is 19.6. The highest BCUT2D eigenvalue weighted by Gasteiger charge is 2.27. The van der Waals surface area contributed by atoms with E-state index in [1.54, 1.807) is 0 Å².